The fourth-order valence-corrected chi connectivity index (χ4v) is 2.89. The molecule has 17 heavy (non-hydrogen) atoms. The number of imidazole rings is 1. The van der Waals surface area contributed by atoms with E-state index in [1.54, 1.807) is 11.3 Å². The van der Waals surface area contributed by atoms with E-state index < -0.39 is 0 Å². The molecule has 0 N–H and O–H groups in total. The van der Waals surface area contributed by atoms with Gasteiger partial charge in [0.25, 0.3) is 0 Å². The van der Waals surface area contributed by atoms with Crippen molar-refractivity contribution in [2.75, 3.05) is 0 Å². The average molecular weight is 263 g/mol. The molecule has 0 bridgehead atoms. The van der Waals surface area contributed by atoms with Gasteiger partial charge in [-0.1, -0.05) is 11.6 Å². The standard InChI is InChI=1S/C13H11ClN2S/c1-8-10(5-6-17-8)13-15-11-7-9(14)3-4-12(11)16(13)2/h3-7H,1-2H3. The van der Waals surface area contributed by atoms with Crippen molar-refractivity contribution < 1.29 is 0 Å². The van der Waals surface area contributed by atoms with Gasteiger partial charge in [0.2, 0.25) is 0 Å². The second-order valence-electron chi connectivity index (χ2n) is 4.02. The number of aryl methyl sites for hydroxylation is 2. The number of fused-ring (bicyclic) bond motifs is 1. The Morgan fingerprint density at radius 1 is 1.29 bits per heavy atom. The number of hydrogen-bond donors (Lipinski definition) is 0. The van der Waals surface area contributed by atoms with Gasteiger partial charge in [-0.2, -0.15) is 0 Å². The molecule has 0 aliphatic rings. The van der Waals surface area contributed by atoms with Gasteiger partial charge in [-0.3, -0.25) is 0 Å². The molecule has 0 aliphatic heterocycles. The first-order chi connectivity index (χ1) is 8.16. The maximum absolute atomic E-state index is 5.99. The Kier molecular flexibility index (Phi) is 2.45. The first-order valence-corrected chi connectivity index (χ1v) is 6.59. The van der Waals surface area contributed by atoms with Gasteiger partial charge in [-0.15, -0.1) is 11.3 Å². The highest BCUT2D eigenvalue weighted by Crippen LogP contribution is 2.30. The lowest BCUT2D eigenvalue weighted by atomic mass is 10.2. The van der Waals surface area contributed by atoms with Gasteiger partial charge >= 0.3 is 0 Å². The number of rotatable bonds is 1. The Morgan fingerprint density at radius 3 is 2.82 bits per heavy atom. The van der Waals surface area contributed by atoms with E-state index in [4.69, 9.17) is 11.6 Å². The van der Waals surface area contributed by atoms with Crippen molar-refractivity contribution in [3.63, 3.8) is 0 Å². The number of aromatic nitrogens is 2. The predicted molar refractivity (Wildman–Crippen MR) is 73.8 cm³/mol. The van der Waals surface area contributed by atoms with Crippen molar-refractivity contribution in [1.82, 2.24) is 9.55 Å². The monoisotopic (exact) mass is 262 g/mol. The van der Waals surface area contributed by atoms with E-state index in [9.17, 15) is 0 Å². The van der Waals surface area contributed by atoms with E-state index in [1.807, 2.05) is 25.2 Å². The molecular formula is C13H11ClN2S. The van der Waals surface area contributed by atoms with Gasteiger partial charge in [-0.25, -0.2) is 4.98 Å². The first-order valence-electron chi connectivity index (χ1n) is 5.33. The van der Waals surface area contributed by atoms with Gasteiger partial charge < -0.3 is 4.57 Å². The van der Waals surface area contributed by atoms with Crippen molar-refractivity contribution in [2.24, 2.45) is 7.05 Å². The zero-order valence-corrected chi connectivity index (χ0v) is 11.1. The SMILES string of the molecule is Cc1sccc1-c1nc2cc(Cl)ccc2n1C. The summed E-state index contributed by atoms with van der Waals surface area (Å²) >= 11 is 7.73. The molecule has 3 aromatic rings. The summed E-state index contributed by atoms with van der Waals surface area (Å²) in [6.07, 6.45) is 0. The fraction of sp³-hybridized carbons (Fsp3) is 0.154. The molecule has 4 heteroatoms. The Bertz CT molecular complexity index is 697. The normalized spacial score (nSPS) is 11.2. The number of halogens is 1. The summed E-state index contributed by atoms with van der Waals surface area (Å²) in [6.45, 7) is 2.12. The van der Waals surface area contributed by atoms with Crippen LogP contribution in [0.15, 0.2) is 29.6 Å². The van der Waals surface area contributed by atoms with Gasteiger partial charge in [-0.05, 0) is 36.6 Å². The van der Waals surface area contributed by atoms with Crippen LogP contribution in [0.4, 0.5) is 0 Å². The summed E-state index contributed by atoms with van der Waals surface area (Å²) in [4.78, 5) is 5.95. The maximum atomic E-state index is 5.99. The molecule has 0 radical (unpaired) electrons. The van der Waals surface area contributed by atoms with Crippen LogP contribution in [-0.4, -0.2) is 9.55 Å². The largest absolute Gasteiger partial charge is 0.327 e. The van der Waals surface area contributed by atoms with Gasteiger partial charge in [0.05, 0.1) is 11.0 Å². The minimum Gasteiger partial charge on any atom is -0.327 e. The van der Waals surface area contributed by atoms with Crippen molar-refractivity contribution in [1.29, 1.82) is 0 Å². The molecule has 0 saturated carbocycles. The molecule has 0 saturated heterocycles. The lowest BCUT2D eigenvalue weighted by Gasteiger charge is -2.01. The number of nitrogens with zero attached hydrogens (tertiary/aromatic N) is 2. The molecule has 0 unspecified atom stereocenters. The molecule has 2 heterocycles. The van der Waals surface area contributed by atoms with Crippen molar-refractivity contribution in [3.8, 4) is 11.4 Å². The number of benzene rings is 1. The predicted octanol–water partition coefficient (Wildman–Crippen LogP) is 4.26. The molecule has 2 nitrogen and oxygen atoms in total. The molecular weight excluding hydrogens is 252 g/mol. The highest BCUT2D eigenvalue weighted by molar-refractivity contribution is 7.10. The van der Waals surface area contributed by atoms with Gasteiger partial charge in [0.15, 0.2) is 0 Å². The van der Waals surface area contributed by atoms with E-state index >= 15 is 0 Å². The maximum Gasteiger partial charge on any atom is 0.141 e. The lowest BCUT2D eigenvalue weighted by molar-refractivity contribution is 0.959. The third kappa shape index (κ3) is 1.66. The molecule has 86 valence electrons. The van der Waals surface area contributed by atoms with Crippen LogP contribution in [-0.2, 0) is 7.05 Å². The van der Waals surface area contributed by atoms with Gasteiger partial charge in [0, 0.05) is 22.5 Å². The second kappa shape index (κ2) is 3.86. The van der Waals surface area contributed by atoms with Crippen LogP contribution in [0, 0.1) is 6.92 Å². The van der Waals surface area contributed by atoms with Crippen molar-refractivity contribution in [2.45, 2.75) is 6.92 Å². The number of hydrogen-bond acceptors (Lipinski definition) is 2. The van der Waals surface area contributed by atoms with E-state index in [1.165, 1.54) is 10.4 Å². The minimum atomic E-state index is 0.726. The van der Waals surface area contributed by atoms with Crippen LogP contribution >= 0.6 is 22.9 Å². The molecule has 0 amide bonds. The van der Waals surface area contributed by atoms with Crippen molar-refractivity contribution in [3.05, 3.63) is 39.5 Å². The fourth-order valence-electron chi connectivity index (χ4n) is 2.03. The summed E-state index contributed by atoms with van der Waals surface area (Å²) in [5.74, 6) is 1.00. The molecule has 0 fully saturated rings. The summed E-state index contributed by atoms with van der Waals surface area (Å²) in [5, 5.41) is 2.82. The summed E-state index contributed by atoms with van der Waals surface area (Å²) in [7, 11) is 2.04. The third-order valence-electron chi connectivity index (χ3n) is 2.94. The Balaban J connectivity index is 2.31. The zero-order valence-electron chi connectivity index (χ0n) is 9.57. The van der Waals surface area contributed by atoms with Gasteiger partial charge in [0.1, 0.15) is 5.82 Å². The lowest BCUT2D eigenvalue weighted by Crippen LogP contribution is -1.91. The van der Waals surface area contributed by atoms with E-state index in [-0.39, 0.29) is 0 Å². The van der Waals surface area contributed by atoms with Crippen LogP contribution in [0.2, 0.25) is 5.02 Å². The van der Waals surface area contributed by atoms with Crippen LogP contribution in [0.5, 0.6) is 0 Å². The Labute approximate surface area is 108 Å². The quantitative estimate of drug-likeness (QED) is 0.641. The minimum absolute atomic E-state index is 0.726. The summed E-state index contributed by atoms with van der Waals surface area (Å²) < 4.78 is 2.11. The molecule has 2 aromatic heterocycles. The second-order valence-corrected chi connectivity index (χ2v) is 5.57. The molecule has 0 aliphatic carbocycles. The Hall–Kier alpha value is -1.32. The van der Waals surface area contributed by atoms with Crippen LogP contribution < -0.4 is 0 Å². The van der Waals surface area contributed by atoms with Crippen LogP contribution in [0.25, 0.3) is 22.4 Å². The zero-order chi connectivity index (χ0) is 12.0. The molecule has 0 atom stereocenters. The highest BCUT2D eigenvalue weighted by Gasteiger charge is 2.12. The molecule has 1 aromatic carbocycles. The molecule has 0 spiro atoms. The van der Waals surface area contributed by atoms with Crippen LogP contribution in [0.1, 0.15) is 4.88 Å². The smallest absolute Gasteiger partial charge is 0.141 e. The van der Waals surface area contributed by atoms with Crippen LogP contribution in [0.3, 0.4) is 0 Å². The average Bonchev–Trinajstić information content (AvgIpc) is 2.83. The van der Waals surface area contributed by atoms with Crippen molar-refractivity contribution >= 4 is 34.0 Å². The summed E-state index contributed by atoms with van der Waals surface area (Å²) in [6, 6.07) is 7.93. The topological polar surface area (TPSA) is 17.8 Å². The molecule has 3 rings (SSSR count). The van der Waals surface area contributed by atoms with E-state index in [0.717, 1.165) is 21.9 Å². The first kappa shape index (κ1) is 10.8. The third-order valence-corrected chi connectivity index (χ3v) is 4.02. The van der Waals surface area contributed by atoms with E-state index in [2.05, 4.69) is 27.9 Å². The highest BCUT2D eigenvalue weighted by atomic mass is 35.5. The van der Waals surface area contributed by atoms with E-state index in [0.29, 0.717) is 0 Å². The Morgan fingerprint density at radius 2 is 2.12 bits per heavy atom. The number of thiophene rings is 1. The summed E-state index contributed by atoms with van der Waals surface area (Å²) in [5.41, 5.74) is 3.25.